The van der Waals surface area contributed by atoms with E-state index in [9.17, 15) is 14.4 Å². The Morgan fingerprint density at radius 1 is 0.882 bits per heavy atom. The summed E-state index contributed by atoms with van der Waals surface area (Å²) in [4.78, 5) is 48.0. The third kappa shape index (κ3) is 4.84. The lowest BCUT2D eigenvalue weighted by atomic mass is 9.70. The molecule has 1 aliphatic rings. The van der Waals surface area contributed by atoms with E-state index in [-0.39, 0.29) is 29.9 Å². The molecule has 7 heteroatoms. The number of Topliss-reactive ketones (excluding diaryl/α,β-unsaturated/α-hetero) is 2. The highest BCUT2D eigenvalue weighted by atomic mass is 16.2. The number of amides is 1. The van der Waals surface area contributed by atoms with Gasteiger partial charge in [0, 0.05) is 75.0 Å². The Morgan fingerprint density at radius 2 is 1.38 bits per heavy atom. The number of aromatic nitrogens is 2. The maximum atomic E-state index is 13.8. The topological polar surface area (TPSA) is 75.5 Å². The fourth-order valence-corrected chi connectivity index (χ4v) is 4.83. The second kappa shape index (κ2) is 10.1. The van der Waals surface area contributed by atoms with Gasteiger partial charge in [-0.25, -0.2) is 4.98 Å². The number of carbonyl (C=O) groups excluding carboxylic acids is 3. The zero-order chi connectivity index (χ0) is 24.2. The van der Waals surface area contributed by atoms with Gasteiger partial charge in [0.1, 0.15) is 0 Å². The molecule has 0 aliphatic carbocycles. The lowest BCUT2D eigenvalue weighted by molar-refractivity contribution is -0.130. The maximum Gasteiger partial charge on any atom is 0.236 e. The van der Waals surface area contributed by atoms with Crippen molar-refractivity contribution >= 4 is 17.5 Å². The number of ketones is 2. The largest absolute Gasteiger partial charge is 0.348 e. The molecule has 0 radical (unpaired) electrons. The molecule has 7 nitrogen and oxygen atoms in total. The van der Waals surface area contributed by atoms with E-state index in [1.54, 1.807) is 50.9 Å². The van der Waals surface area contributed by atoms with Crippen LogP contribution in [0.2, 0.25) is 0 Å². The lowest BCUT2D eigenvalue weighted by Crippen LogP contribution is -2.52. The number of likely N-dealkylation sites (N-methyl/N-ethyl adjacent to an activating group) is 1. The van der Waals surface area contributed by atoms with Crippen LogP contribution in [0.15, 0.2) is 73.2 Å². The highest BCUT2D eigenvalue weighted by molar-refractivity contribution is 6.02. The van der Waals surface area contributed by atoms with Gasteiger partial charge in [0.05, 0.1) is 12.9 Å². The van der Waals surface area contributed by atoms with Crippen LogP contribution in [-0.2, 0) is 11.8 Å². The van der Waals surface area contributed by atoms with Gasteiger partial charge in [-0.1, -0.05) is 60.7 Å². The normalized spacial score (nSPS) is 20.6. The van der Waals surface area contributed by atoms with E-state index < -0.39 is 11.8 Å². The third-order valence-electron chi connectivity index (χ3n) is 6.62. The Morgan fingerprint density at radius 3 is 1.79 bits per heavy atom. The van der Waals surface area contributed by atoms with Gasteiger partial charge in [-0.3, -0.25) is 19.3 Å². The van der Waals surface area contributed by atoms with Crippen molar-refractivity contribution in [1.29, 1.82) is 0 Å². The number of benzene rings is 2. The van der Waals surface area contributed by atoms with Gasteiger partial charge in [-0.15, -0.1) is 0 Å². The first-order valence-corrected chi connectivity index (χ1v) is 11.4. The lowest BCUT2D eigenvalue weighted by Gasteiger charge is -2.42. The molecule has 0 bridgehead atoms. The molecule has 2 aromatic carbocycles. The molecule has 0 spiro atoms. The average molecular weight is 459 g/mol. The summed E-state index contributed by atoms with van der Waals surface area (Å²) in [6.07, 6.45) is 3.45. The predicted octanol–water partition coefficient (Wildman–Crippen LogP) is 2.91. The number of rotatable bonds is 7. The quantitative estimate of drug-likeness (QED) is 0.509. The number of nitrogens with zero attached hydrogens (tertiary/aromatic N) is 4. The molecular formula is C27H30N4O3. The van der Waals surface area contributed by atoms with Crippen LogP contribution < -0.4 is 0 Å². The molecule has 0 saturated carbocycles. The number of hydrogen-bond acceptors (Lipinski definition) is 5. The summed E-state index contributed by atoms with van der Waals surface area (Å²) < 4.78 is 1.89. The van der Waals surface area contributed by atoms with Crippen LogP contribution in [0, 0.1) is 11.8 Å². The van der Waals surface area contributed by atoms with Crippen LogP contribution in [0.25, 0.3) is 0 Å². The number of likely N-dealkylation sites (tertiary alicyclic amines) is 1. The summed E-state index contributed by atoms with van der Waals surface area (Å²) in [5, 5.41) is 0. The zero-order valence-corrected chi connectivity index (χ0v) is 19.8. The smallest absolute Gasteiger partial charge is 0.236 e. The van der Waals surface area contributed by atoms with Gasteiger partial charge in [-0.05, 0) is 0 Å². The standard InChI is InChI=1S/C27H30N4O3/c1-29(2)24(32)17-31-15-21(26(33)19-10-6-4-7-11-19)25(23-14-28-18-30(23)3)22(16-31)27(34)20-12-8-5-9-13-20/h4-14,18,21-22,25H,15-17H2,1-3H3/t21-,22+,25?. The molecule has 1 saturated heterocycles. The first kappa shape index (κ1) is 23.6. The van der Waals surface area contributed by atoms with Crippen molar-refractivity contribution in [2.24, 2.45) is 18.9 Å². The van der Waals surface area contributed by atoms with Crippen LogP contribution >= 0.6 is 0 Å². The van der Waals surface area contributed by atoms with Crippen molar-refractivity contribution < 1.29 is 14.4 Å². The first-order chi connectivity index (χ1) is 16.4. The minimum absolute atomic E-state index is 0.0281. The molecule has 4 rings (SSSR count). The summed E-state index contributed by atoms with van der Waals surface area (Å²) in [6, 6.07) is 18.3. The average Bonchev–Trinajstić information content (AvgIpc) is 3.28. The van der Waals surface area contributed by atoms with Gasteiger partial charge < -0.3 is 9.47 Å². The zero-order valence-electron chi connectivity index (χ0n) is 19.8. The van der Waals surface area contributed by atoms with Crippen LogP contribution in [0.1, 0.15) is 32.3 Å². The Hall–Kier alpha value is -3.58. The van der Waals surface area contributed by atoms with Crippen LogP contribution in [0.3, 0.4) is 0 Å². The number of aryl methyl sites for hydroxylation is 1. The Labute approximate surface area is 200 Å². The Kier molecular flexibility index (Phi) is 7.03. The van der Waals surface area contributed by atoms with E-state index in [0.717, 1.165) is 5.69 Å². The minimum Gasteiger partial charge on any atom is -0.348 e. The third-order valence-corrected chi connectivity index (χ3v) is 6.62. The molecule has 1 aliphatic heterocycles. The van der Waals surface area contributed by atoms with Gasteiger partial charge in [0.2, 0.25) is 5.91 Å². The predicted molar refractivity (Wildman–Crippen MR) is 130 cm³/mol. The van der Waals surface area contributed by atoms with Gasteiger partial charge in [-0.2, -0.15) is 0 Å². The summed E-state index contributed by atoms with van der Waals surface area (Å²) in [5.74, 6) is -1.48. The molecule has 0 N–H and O–H groups in total. The fraction of sp³-hybridized carbons (Fsp3) is 0.333. The molecule has 34 heavy (non-hydrogen) atoms. The molecule has 1 amide bonds. The Bertz CT molecular complexity index is 1100. The summed E-state index contributed by atoms with van der Waals surface area (Å²) in [5.41, 5.74) is 2.06. The van der Waals surface area contributed by atoms with E-state index in [4.69, 9.17) is 0 Å². The van der Waals surface area contributed by atoms with Gasteiger partial charge in [0.25, 0.3) is 0 Å². The van der Waals surface area contributed by atoms with E-state index in [0.29, 0.717) is 24.2 Å². The fourth-order valence-electron chi connectivity index (χ4n) is 4.83. The molecular weight excluding hydrogens is 428 g/mol. The van der Waals surface area contributed by atoms with Crippen molar-refractivity contribution in [3.05, 3.63) is 90.0 Å². The van der Waals surface area contributed by atoms with Crippen molar-refractivity contribution in [1.82, 2.24) is 19.4 Å². The molecule has 176 valence electrons. The monoisotopic (exact) mass is 458 g/mol. The summed E-state index contributed by atoms with van der Waals surface area (Å²) in [7, 11) is 5.31. The van der Waals surface area contributed by atoms with E-state index in [1.807, 2.05) is 52.9 Å². The highest BCUT2D eigenvalue weighted by Gasteiger charge is 2.46. The minimum atomic E-state index is -0.501. The van der Waals surface area contributed by atoms with Crippen LogP contribution in [0.4, 0.5) is 0 Å². The van der Waals surface area contributed by atoms with Crippen molar-refractivity contribution in [2.75, 3.05) is 33.7 Å². The SMILES string of the molecule is CN(C)C(=O)CN1C[C@H](C(=O)c2ccccc2)C(c2cncn2C)[C@H](C(=O)c2ccccc2)C1. The Balaban J connectivity index is 1.79. The van der Waals surface area contributed by atoms with E-state index in [2.05, 4.69) is 4.98 Å². The second-order valence-corrected chi connectivity index (χ2v) is 9.11. The number of imidazole rings is 1. The molecule has 1 unspecified atom stereocenters. The number of piperidine rings is 1. The molecule has 3 aromatic rings. The second-order valence-electron chi connectivity index (χ2n) is 9.11. The van der Waals surface area contributed by atoms with Crippen LogP contribution in [0.5, 0.6) is 0 Å². The summed E-state index contributed by atoms with van der Waals surface area (Å²) in [6.45, 7) is 0.936. The van der Waals surface area contributed by atoms with Crippen molar-refractivity contribution in [3.8, 4) is 0 Å². The van der Waals surface area contributed by atoms with Crippen molar-refractivity contribution in [3.63, 3.8) is 0 Å². The van der Waals surface area contributed by atoms with Crippen molar-refractivity contribution in [2.45, 2.75) is 5.92 Å². The first-order valence-electron chi connectivity index (χ1n) is 11.4. The molecule has 2 heterocycles. The van der Waals surface area contributed by atoms with Gasteiger partial charge in [0.15, 0.2) is 11.6 Å². The number of carbonyl (C=O) groups is 3. The molecule has 1 aromatic heterocycles. The molecule has 3 atom stereocenters. The molecule has 1 fully saturated rings. The number of hydrogen-bond donors (Lipinski definition) is 0. The van der Waals surface area contributed by atoms with E-state index in [1.165, 1.54) is 4.90 Å². The summed E-state index contributed by atoms with van der Waals surface area (Å²) >= 11 is 0. The van der Waals surface area contributed by atoms with Crippen LogP contribution in [-0.4, -0.2) is 70.6 Å². The van der Waals surface area contributed by atoms with Gasteiger partial charge >= 0.3 is 0 Å². The van der Waals surface area contributed by atoms with E-state index >= 15 is 0 Å². The highest BCUT2D eigenvalue weighted by Crippen LogP contribution is 2.40. The maximum absolute atomic E-state index is 13.8.